The van der Waals surface area contributed by atoms with E-state index >= 15 is 0 Å². The van der Waals surface area contributed by atoms with Gasteiger partial charge in [-0.3, -0.25) is 0 Å². The summed E-state index contributed by atoms with van der Waals surface area (Å²) in [6.45, 7) is 11.2. The molecule has 0 heterocycles. The molecule has 1 aromatic carbocycles. The van der Waals surface area contributed by atoms with E-state index in [-0.39, 0.29) is 0 Å². The molecule has 0 aromatic heterocycles. The Morgan fingerprint density at radius 2 is 2.18 bits per heavy atom. The summed E-state index contributed by atoms with van der Waals surface area (Å²) in [5.74, 6) is 0. The molecule has 1 atom stereocenters. The van der Waals surface area contributed by atoms with E-state index in [1.807, 2.05) is 6.92 Å². The van der Waals surface area contributed by atoms with Crippen molar-refractivity contribution in [2.45, 2.75) is 39.7 Å². The van der Waals surface area contributed by atoms with Crippen molar-refractivity contribution in [2.24, 2.45) is 0 Å². The van der Waals surface area contributed by atoms with Crippen molar-refractivity contribution in [1.82, 2.24) is 5.32 Å². The highest BCUT2D eigenvalue weighted by molar-refractivity contribution is 6.31. The fourth-order valence-electron chi connectivity index (χ4n) is 1.85. The first-order chi connectivity index (χ1) is 8.04. The average Bonchev–Trinajstić information content (AvgIpc) is 2.28. The molecule has 1 rings (SSSR count). The van der Waals surface area contributed by atoms with Crippen LogP contribution in [0.25, 0.3) is 0 Å². The molecule has 1 unspecified atom stereocenters. The second-order valence-electron chi connectivity index (χ2n) is 4.61. The zero-order valence-electron chi connectivity index (χ0n) is 11.0. The van der Waals surface area contributed by atoms with Gasteiger partial charge in [0.2, 0.25) is 0 Å². The van der Waals surface area contributed by atoms with E-state index in [1.165, 1.54) is 11.1 Å². The lowest BCUT2D eigenvalue weighted by Gasteiger charge is -2.19. The van der Waals surface area contributed by atoms with Crippen LogP contribution in [0.2, 0.25) is 5.02 Å². The summed E-state index contributed by atoms with van der Waals surface area (Å²) in [5.41, 5.74) is 3.63. The summed E-state index contributed by atoms with van der Waals surface area (Å²) in [7, 11) is 0. The molecule has 1 N–H and O–H groups in total. The molecule has 0 aliphatic carbocycles. The van der Waals surface area contributed by atoms with Crippen molar-refractivity contribution >= 4 is 11.6 Å². The van der Waals surface area contributed by atoms with E-state index in [2.05, 4.69) is 43.9 Å². The van der Waals surface area contributed by atoms with Gasteiger partial charge in [-0.15, -0.1) is 6.58 Å². The highest BCUT2D eigenvalue weighted by Crippen LogP contribution is 2.25. The maximum Gasteiger partial charge on any atom is 0.0438 e. The molecule has 1 aromatic rings. The average molecular weight is 252 g/mol. The highest BCUT2D eigenvalue weighted by Gasteiger charge is 2.11. The van der Waals surface area contributed by atoms with E-state index in [0.717, 1.165) is 30.0 Å². The molecule has 0 saturated heterocycles. The molecule has 1 nitrogen and oxygen atoms in total. The van der Waals surface area contributed by atoms with Crippen LogP contribution in [0.1, 0.15) is 43.9 Å². The van der Waals surface area contributed by atoms with Gasteiger partial charge in [0.25, 0.3) is 0 Å². The van der Waals surface area contributed by atoms with Crippen LogP contribution in [0, 0.1) is 6.92 Å². The number of hydrogen-bond acceptors (Lipinski definition) is 1. The molecule has 0 aliphatic heterocycles. The summed E-state index contributed by atoms with van der Waals surface area (Å²) in [6, 6.07) is 6.69. The number of halogens is 1. The topological polar surface area (TPSA) is 12.0 Å². The Balaban J connectivity index is 2.81. The zero-order valence-corrected chi connectivity index (χ0v) is 11.8. The molecule has 0 amide bonds. The molecular formula is C15H22ClN. The van der Waals surface area contributed by atoms with Gasteiger partial charge in [-0.2, -0.15) is 0 Å². The SMILES string of the molecule is C=C(C)CCC(NCC)c1ccc(C)c(Cl)c1. The van der Waals surface area contributed by atoms with E-state index in [9.17, 15) is 0 Å². The largest absolute Gasteiger partial charge is 0.310 e. The fourth-order valence-corrected chi connectivity index (χ4v) is 2.04. The molecular weight excluding hydrogens is 230 g/mol. The summed E-state index contributed by atoms with van der Waals surface area (Å²) in [6.07, 6.45) is 2.12. The number of allylic oxidation sites excluding steroid dienone is 1. The van der Waals surface area contributed by atoms with E-state index < -0.39 is 0 Å². The van der Waals surface area contributed by atoms with E-state index in [0.29, 0.717) is 6.04 Å². The van der Waals surface area contributed by atoms with E-state index in [4.69, 9.17) is 11.6 Å². The lowest BCUT2D eigenvalue weighted by atomic mass is 9.99. The monoisotopic (exact) mass is 251 g/mol. The second kappa shape index (κ2) is 6.83. The van der Waals surface area contributed by atoms with Crippen molar-refractivity contribution in [1.29, 1.82) is 0 Å². The Hall–Kier alpha value is -0.790. The Labute approximate surface area is 110 Å². The van der Waals surface area contributed by atoms with E-state index in [1.54, 1.807) is 0 Å². The molecule has 0 radical (unpaired) electrons. The lowest BCUT2D eigenvalue weighted by Crippen LogP contribution is -2.21. The smallest absolute Gasteiger partial charge is 0.0438 e. The minimum Gasteiger partial charge on any atom is -0.310 e. The Morgan fingerprint density at radius 1 is 1.47 bits per heavy atom. The van der Waals surface area contributed by atoms with Gasteiger partial charge in [0.1, 0.15) is 0 Å². The Kier molecular flexibility index (Phi) is 5.73. The standard InChI is InChI=1S/C15H22ClN/c1-5-17-15(9-6-11(2)3)13-8-7-12(4)14(16)10-13/h7-8,10,15,17H,2,5-6,9H2,1,3-4H3. The maximum atomic E-state index is 6.18. The van der Waals surface area contributed by atoms with Gasteiger partial charge in [0.15, 0.2) is 0 Å². The molecule has 0 spiro atoms. The van der Waals surface area contributed by atoms with Crippen LogP contribution in [0.4, 0.5) is 0 Å². The number of benzene rings is 1. The van der Waals surface area contributed by atoms with Gasteiger partial charge in [-0.25, -0.2) is 0 Å². The predicted molar refractivity (Wildman–Crippen MR) is 76.7 cm³/mol. The molecule has 0 fully saturated rings. The van der Waals surface area contributed by atoms with Gasteiger partial charge < -0.3 is 5.32 Å². The minimum atomic E-state index is 0.370. The lowest BCUT2D eigenvalue weighted by molar-refractivity contribution is 0.514. The zero-order chi connectivity index (χ0) is 12.8. The Bertz CT molecular complexity index is 385. The third-order valence-corrected chi connectivity index (χ3v) is 3.32. The molecule has 94 valence electrons. The molecule has 0 saturated carbocycles. The number of aryl methyl sites for hydroxylation is 1. The van der Waals surface area contributed by atoms with Crippen LogP contribution >= 0.6 is 11.6 Å². The first-order valence-corrected chi connectivity index (χ1v) is 6.56. The van der Waals surface area contributed by atoms with Crippen molar-refractivity contribution in [3.05, 3.63) is 46.5 Å². The third kappa shape index (κ3) is 4.53. The van der Waals surface area contributed by atoms with Crippen LogP contribution < -0.4 is 5.32 Å². The third-order valence-electron chi connectivity index (χ3n) is 2.91. The van der Waals surface area contributed by atoms with Gasteiger partial charge in [-0.1, -0.05) is 36.2 Å². The van der Waals surface area contributed by atoms with Gasteiger partial charge in [0, 0.05) is 11.1 Å². The summed E-state index contributed by atoms with van der Waals surface area (Å²) >= 11 is 6.18. The van der Waals surface area contributed by atoms with Crippen molar-refractivity contribution in [2.75, 3.05) is 6.54 Å². The second-order valence-corrected chi connectivity index (χ2v) is 5.02. The predicted octanol–water partition coefficient (Wildman–Crippen LogP) is 4.66. The van der Waals surface area contributed by atoms with Crippen molar-refractivity contribution < 1.29 is 0 Å². The quantitative estimate of drug-likeness (QED) is 0.726. The summed E-state index contributed by atoms with van der Waals surface area (Å²) in [4.78, 5) is 0. The van der Waals surface area contributed by atoms with Crippen LogP contribution in [0.3, 0.4) is 0 Å². The molecule has 2 heteroatoms. The van der Waals surface area contributed by atoms with Crippen molar-refractivity contribution in [3.8, 4) is 0 Å². The summed E-state index contributed by atoms with van der Waals surface area (Å²) < 4.78 is 0. The highest BCUT2D eigenvalue weighted by atomic mass is 35.5. The van der Waals surface area contributed by atoms with Gasteiger partial charge in [-0.05, 0) is 50.4 Å². The molecule has 17 heavy (non-hydrogen) atoms. The Morgan fingerprint density at radius 3 is 2.71 bits per heavy atom. The molecule has 0 aliphatic rings. The maximum absolute atomic E-state index is 6.18. The van der Waals surface area contributed by atoms with Crippen LogP contribution in [0.15, 0.2) is 30.4 Å². The van der Waals surface area contributed by atoms with Gasteiger partial charge >= 0.3 is 0 Å². The van der Waals surface area contributed by atoms with Crippen LogP contribution in [-0.2, 0) is 0 Å². The van der Waals surface area contributed by atoms with Crippen LogP contribution in [0.5, 0.6) is 0 Å². The first-order valence-electron chi connectivity index (χ1n) is 6.18. The first kappa shape index (κ1) is 14.3. The van der Waals surface area contributed by atoms with Gasteiger partial charge in [0.05, 0.1) is 0 Å². The number of rotatable bonds is 6. The number of nitrogens with one attached hydrogen (secondary N) is 1. The van der Waals surface area contributed by atoms with Crippen molar-refractivity contribution in [3.63, 3.8) is 0 Å². The summed E-state index contributed by atoms with van der Waals surface area (Å²) in [5, 5.41) is 4.35. The fraction of sp³-hybridized carbons (Fsp3) is 0.467. The minimum absolute atomic E-state index is 0.370. The van der Waals surface area contributed by atoms with Crippen LogP contribution in [-0.4, -0.2) is 6.54 Å². The normalized spacial score (nSPS) is 12.5. The molecule has 0 bridgehead atoms. The number of hydrogen-bond donors (Lipinski definition) is 1.